The van der Waals surface area contributed by atoms with Crippen molar-refractivity contribution in [1.82, 2.24) is 0 Å². The smallest absolute Gasteiger partial charge is 0.0320 e. The highest BCUT2D eigenvalue weighted by molar-refractivity contribution is 5.09. The van der Waals surface area contributed by atoms with Crippen molar-refractivity contribution >= 4 is 0 Å². The van der Waals surface area contributed by atoms with Crippen molar-refractivity contribution in [2.75, 3.05) is 0 Å². The molecule has 4 unspecified atom stereocenters. The lowest BCUT2D eigenvalue weighted by Crippen LogP contribution is -2.29. The van der Waals surface area contributed by atoms with E-state index in [-0.39, 0.29) is 0 Å². The fraction of sp³-hybridized carbons (Fsp3) is 0.871. The Morgan fingerprint density at radius 2 is 1.29 bits per heavy atom. The Morgan fingerprint density at radius 1 is 0.710 bits per heavy atom. The third-order valence-corrected chi connectivity index (χ3v) is 7.75. The van der Waals surface area contributed by atoms with Crippen LogP contribution in [0.2, 0.25) is 0 Å². The van der Waals surface area contributed by atoms with E-state index in [1.165, 1.54) is 77.0 Å². The molecule has 0 amide bonds. The predicted molar refractivity (Wildman–Crippen MR) is 145 cm³/mol. The summed E-state index contributed by atoms with van der Waals surface area (Å²) in [5.74, 6) is 4.92. The summed E-state index contributed by atoms with van der Waals surface area (Å²) in [4.78, 5) is 0. The zero-order valence-corrected chi connectivity index (χ0v) is 23.2. The van der Waals surface area contributed by atoms with Crippen LogP contribution >= 0.6 is 0 Å². The van der Waals surface area contributed by atoms with Gasteiger partial charge in [-0.1, -0.05) is 97.8 Å². The minimum absolute atomic E-state index is 0.755. The van der Waals surface area contributed by atoms with Crippen LogP contribution in [-0.4, -0.2) is 0 Å². The lowest BCUT2D eigenvalue weighted by Gasteiger charge is -2.37. The quantitative estimate of drug-likeness (QED) is 0.140. The second-order valence-electron chi connectivity index (χ2n) is 11.7. The fourth-order valence-electron chi connectivity index (χ4n) is 5.61. The van der Waals surface area contributed by atoms with Crippen molar-refractivity contribution in [3.8, 4) is 0 Å². The maximum atomic E-state index is 4.04. The van der Waals surface area contributed by atoms with Gasteiger partial charge >= 0.3 is 0 Å². The molecular weight excluding hydrogens is 372 g/mol. The van der Waals surface area contributed by atoms with E-state index in [0.717, 1.165) is 35.5 Å². The van der Waals surface area contributed by atoms with Gasteiger partial charge in [0.25, 0.3) is 0 Å². The number of rotatable bonds is 19. The third kappa shape index (κ3) is 14.3. The van der Waals surface area contributed by atoms with Crippen LogP contribution < -0.4 is 0 Å². The molecule has 0 fully saturated rings. The van der Waals surface area contributed by atoms with Crippen molar-refractivity contribution in [2.45, 2.75) is 139 Å². The highest BCUT2D eigenvalue weighted by Gasteiger charge is 2.30. The molecular formula is C31H60. The minimum Gasteiger partial charge on any atom is -0.103 e. The van der Waals surface area contributed by atoms with Crippen LogP contribution in [0.3, 0.4) is 0 Å². The molecule has 0 saturated heterocycles. The molecule has 31 heavy (non-hydrogen) atoms. The van der Waals surface area contributed by atoms with E-state index >= 15 is 0 Å². The van der Waals surface area contributed by atoms with Crippen molar-refractivity contribution in [1.29, 1.82) is 0 Å². The molecule has 184 valence electrons. The topological polar surface area (TPSA) is 0 Å². The molecule has 0 aliphatic heterocycles. The zero-order chi connectivity index (χ0) is 23.8. The number of hydrogen-bond acceptors (Lipinski definition) is 0. The van der Waals surface area contributed by atoms with Gasteiger partial charge in [-0.15, -0.1) is 6.58 Å². The van der Waals surface area contributed by atoms with Crippen molar-refractivity contribution in [3.05, 3.63) is 23.8 Å². The molecule has 0 bridgehead atoms. The van der Waals surface area contributed by atoms with Gasteiger partial charge in [0, 0.05) is 0 Å². The summed E-state index contributed by atoms with van der Waals surface area (Å²) in [7, 11) is 0. The Balaban J connectivity index is 4.73. The Morgan fingerprint density at radius 3 is 1.81 bits per heavy atom. The third-order valence-electron chi connectivity index (χ3n) is 7.75. The fourth-order valence-corrected chi connectivity index (χ4v) is 5.61. The summed E-state index contributed by atoms with van der Waals surface area (Å²) in [6.45, 7) is 25.7. The number of unbranched alkanes of at least 4 members (excludes halogenated alkanes) is 3. The van der Waals surface area contributed by atoms with Gasteiger partial charge in [-0.05, 0) is 94.3 Å². The lowest BCUT2D eigenvalue weighted by molar-refractivity contribution is 0.131. The van der Waals surface area contributed by atoms with Crippen LogP contribution in [0.1, 0.15) is 139 Å². The van der Waals surface area contributed by atoms with Gasteiger partial charge in [0.1, 0.15) is 0 Å². The molecule has 0 aliphatic carbocycles. The Labute approximate surface area is 198 Å². The SMILES string of the molecule is C=CCC(C)C(C(C)CC)C(CCCC(C)=C(C)CCCCCCC(C)C)CC(C)C. The highest BCUT2D eigenvalue weighted by atomic mass is 14.4. The first-order valence-electron chi connectivity index (χ1n) is 13.9. The molecule has 0 aromatic carbocycles. The van der Waals surface area contributed by atoms with Gasteiger partial charge in [-0.2, -0.15) is 0 Å². The van der Waals surface area contributed by atoms with Crippen LogP contribution in [0, 0.1) is 35.5 Å². The Bertz CT molecular complexity index is 466. The normalized spacial score (nSPS) is 16.9. The van der Waals surface area contributed by atoms with E-state index in [2.05, 4.69) is 75.0 Å². The van der Waals surface area contributed by atoms with E-state index in [1.807, 2.05) is 0 Å². The molecule has 0 aliphatic rings. The highest BCUT2D eigenvalue weighted by Crippen LogP contribution is 2.39. The van der Waals surface area contributed by atoms with Gasteiger partial charge in [0.2, 0.25) is 0 Å². The minimum atomic E-state index is 0.755. The average molecular weight is 433 g/mol. The summed E-state index contributed by atoms with van der Waals surface area (Å²) in [5.41, 5.74) is 3.34. The predicted octanol–water partition coefficient (Wildman–Crippen LogP) is 11.0. The first-order chi connectivity index (χ1) is 14.6. The van der Waals surface area contributed by atoms with Crippen LogP contribution in [-0.2, 0) is 0 Å². The van der Waals surface area contributed by atoms with Crippen molar-refractivity contribution in [2.24, 2.45) is 35.5 Å². The molecule has 0 heteroatoms. The molecule has 0 nitrogen and oxygen atoms in total. The largest absolute Gasteiger partial charge is 0.103 e. The van der Waals surface area contributed by atoms with E-state index in [9.17, 15) is 0 Å². The van der Waals surface area contributed by atoms with Crippen molar-refractivity contribution in [3.63, 3.8) is 0 Å². The summed E-state index contributed by atoms with van der Waals surface area (Å²) >= 11 is 0. The number of allylic oxidation sites excluding steroid dienone is 3. The van der Waals surface area contributed by atoms with Crippen LogP contribution in [0.5, 0.6) is 0 Å². The zero-order valence-electron chi connectivity index (χ0n) is 23.2. The molecule has 0 radical (unpaired) electrons. The molecule has 0 aromatic rings. The first-order valence-corrected chi connectivity index (χ1v) is 13.9. The maximum Gasteiger partial charge on any atom is -0.0320 e. The van der Waals surface area contributed by atoms with E-state index < -0.39 is 0 Å². The molecule has 4 atom stereocenters. The second kappa shape index (κ2) is 18.0. The van der Waals surface area contributed by atoms with Crippen LogP contribution in [0.25, 0.3) is 0 Å². The summed E-state index contributed by atoms with van der Waals surface area (Å²) < 4.78 is 0. The molecule has 0 rings (SSSR count). The molecule has 0 spiro atoms. The molecule has 0 heterocycles. The number of hydrogen-bond donors (Lipinski definition) is 0. The first kappa shape index (κ1) is 30.5. The van der Waals surface area contributed by atoms with Gasteiger partial charge < -0.3 is 0 Å². The second-order valence-corrected chi connectivity index (χ2v) is 11.7. The van der Waals surface area contributed by atoms with Gasteiger partial charge in [0.15, 0.2) is 0 Å². The van der Waals surface area contributed by atoms with Crippen LogP contribution in [0.4, 0.5) is 0 Å². The van der Waals surface area contributed by atoms with Gasteiger partial charge in [-0.3, -0.25) is 0 Å². The Hall–Kier alpha value is -0.520. The summed E-state index contributed by atoms with van der Waals surface area (Å²) in [6.07, 6.45) is 18.4. The molecule has 0 N–H and O–H groups in total. The maximum absolute atomic E-state index is 4.04. The van der Waals surface area contributed by atoms with E-state index in [4.69, 9.17) is 0 Å². The molecule has 0 aromatic heterocycles. The molecule has 0 saturated carbocycles. The van der Waals surface area contributed by atoms with Crippen molar-refractivity contribution < 1.29 is 0 Å². The standard InChI is InChI=1S/C31H60/c1-11-18-29(10)31(26(7)12-2)30(23-25(5)6)22-17-21-28(9)27(8)20-16-14-13-15-19-24(3)4/h11,24-26,29-31H,1,12-23H2,2-10H3. The lowest BCUT2D eigenvalue weighted by atomic mass is 9.68. The van der Waals surface area contributed by atoms with E-state index in [1.54, 1.807) is 11.1 Å². The average Bonchev–Trinajstić information content (AvgIpc) is 2.69. The van der Waals surface area contributed by atoms with E-state index in [0.29, 0.717) is 0 Å². The van der Waals surface area contributed by atoms with Gasteiger partial charge in [0.05, 0.1) is 0 Å². The van der Waals surface area contributed by atoms with Crippen LogP contribution in [0.15, 0.2) is 23.8 Å². The summed E-state index contributed by atoms with van der Waals surface area (Å²) in [6, 6.07) is 0. The van der Waals surface area contributed by atoms with Gasteiger partial charge in [-0.25, -0.2) is 0 Å². The monoisotopic (exact) mass is 432 g/mol. The summed E-state index contributed by atoms with van der Waals surface area (Å²) in [5, 5.41) is 0. The Kier molecular flexibility index (Phi) is 17.7.